The highest BCUT2D eigenvalue weighted by atomic mass is 19.1. The molecule has 16 heavy (non-hydrogen) atoms. The molecule has 0 aliphatic rings. The number of nitrogens with zero attached hydrogens (tertiary/aromatic N) is 2. The van der Waals surface area contributed by atoms with Crippen molar-refractivity contribution in [2.75, 3.05) is 32.1 Å². The third kappa shape index (κ3) is 4.65. The molecule has 1 aromatic rings. The predicted octanol–water partition coefficient (Wildman–Crippen LogP) is -0.210. The van der Waals surface area contributed by atoms with Crippen LogP contribution in [0.5, 0.6) is 0 Å². The Morgan fingerprint density at radius 2 is 2.38 bits per heavy atom. The van der Waals surface area contributed by atoms with Gasteiger partial charge in [0.05, 0.1) is 13.2 Å². The van der Waals surface area contributed by atoms with E-state index >= 15 is 0 Å². The van der Waals surface area contributed by atoms with Crippen molar-refractivity contribution >= 4 is 11.7 Å². The fraction of sp³-hybridized carbons (Fsp3) is 0.444. The van der Waals surface area contributed by atoms with E-state index in [0.717, 1.165) is 12.4 Å². The third-order valence-electron chi connectivity index (χ3n) is 1.69. The van der Waals surface area contributed by atoms with E-state index in [4.69, 9.17) is 4.74 Å². The topological polar surface area (TPSA) is 76.1 Å². The van der Waals surface area contributed by atoms with Crippen LogP contribution in [-0.2, 0) is 9.53 Å². The highest BCUT2D eigenvalue weighted by Crippen LogP contribution is 2.00. The van der Waals surface area contributed by atoms with Gasteiger partial charge in [0.25, 0.3) is 0 Å². The van der Waals surface area contributed by atoms with Gasteiger partial charge in [-0.1, -0.05) is 0 Å². The van der Waals surface area contributed by atoms with Crippen molar-refractivity contribution in [1.82, 2.24) is 15.3 Å². The lowest BCUT2D eigenvalue weighted by Gasteiger charge is -2.06. The first-order valence-corrected chi connectivity index (χ1v) is 4.69. The van der Waals surface area contributed by atoms with Gasteiger partial charge in [-0.05, 0) is 0 Å². The Labute approximate surface area is 92.2 Å². The minimum atomic E-state index is -0.641. The van der Waals surface area contributed by atoms with Crippen LogP contribution in [0.3, 0.4) is 0 Å². The van der Waals surface area contributed by atoms with E-state index in [0.29, 0.717) is 13.2 Å². The number of carbonyl (C=O) groups excluding carboxylic acids is 1. The molecule has 0 saturated carbocycles. The molecule has 1 rings (SSSR count). The zero-order chi connectivity index (χ0) is 11.8. The molecule has 88 valence electrons. The van der Waals surface area contributed by atoms with Crippen LogP contribution >= 0.6 is 0 Å². The van der Waals surface area contributed by atoms with E-state index in [1.807, 2.05) is 0 Å². The molecule has 0 aliphatic heterocycles. The third-order valence-corrected chi connectivity index (χ3v) is 1.69. The Morgan fingerprint density at radius 1 is 1.56 bits per heavy atom. The molecular formula is C9H13FN4O2. The van der Waals surface area contributed by atoms with Crippen molar-refractivity contribution in [3.63, 3.8) is 0 Å². The number of carbonyl (C=O) groups is 1. The van der Waals surface area contributed by atoms with Gasteiger partial charge in [0.2, 0.25) is 11.9 Å². The maximum atomic E-state index is 12.6. The number of halogens is 1. The summed E-state index contributed by atoms with van der Waals surface area (Å²) >= 11 is 0. The average molecular weight is 228 g/mol. The molecule has 0 unspecified atom stereocenters. The first kappa shape index (κ1) is 12.3. The molecule has 6 nitrogen and oxygen atoms in total. The Kier molecular flexibility index (Phi) is 5.13. The largest absolute Gasteiger partial charge is 0.383 e. The van der Waals surface area contributed by atoms with Crippen molar-refractivity contribution in [3.05, 3.63) is 18.3 Å². The van der Waals surface area contributed by atoms with E-state index in [1.165, 1.54) is 0 Å². The number of aromatic nitrogens is 2. The summed E-state index contributed by atoms with van der Waals surface area (Å²) in [4.78, 5) is 18.2. The summed E-state index contributed by atoms with van der Waals surface area (Å²) in [5, 5.41) is 5.27. The summed E-state index contributed by atoms with van der Waals surface area (Å²) in [5.74, 6) is -0.581. The zero-order valence-corrected chi connectivity index (χ0v) is 8.86. The van der Waals surface area contributed by atoms with Crippen LogP contribution in [0.4, 0.5) is 10.2 Å². The summed E-state index contributed by atoms with van der Waals surface area (Å²) in [5.41, 5.74) is 0. The van der Waals surface area contributed by atoms with Crippen LogP contribution in [0.1, 0.15) is 0 Å². The van der Waals surface area contributed by atoms with E-state index in [1.54, 1.807) is 7.11 Å². The Hall–Kier alpha value is -1.76. The monoisotopic (exact) mass is 228 g/mol. The number of hydrogen-bond acceptors (Lipinski definition) is 5. The molecule has 1 amide bonds. The zero-order valence-electron chi connectivity index (χ0n) is 8.86. The first-order valence-electron chi connectivity index (χ1n) is 4.69. The van der Waals surface area contributed by atoms with Gasteiger partial charge in [-0.15, -0.1) is 0 Å². The lowest BCUT2D eigenvalue weighted by molar-refractivity contribution is -0.119. The Balaban J connectivity index is 2.26. The van der Waals surface area contributed by atoms with E-state index in [9.17, 15) is 9.18 Å². The molecule has 0 spiro atoms. The van der Waals surface area contributed by atoms with Gasteiger partial charge in [-0.2, -0.15) is 4.39 Å². The predicted molar refractivity (Wildman–Crippen MR) is 55.4 cm³/mol. The molecule has 0 radical (unpaired) electrons. The summed E-state index contributed by atoms with van der Waals surface area (Å²) in [7, 11) is 1.55. The summed E-state index contributed by atoms with van der Waals surface area (Å²) < 4.78 is 17.4. The van der Waals surface area contributed by atoms with Crippen LogP contribution in [0.15, 0.2) is 12.4 Å². The van der Waals surface area contributed by atoms with E-state index in [-0.39, 0.29) is 18.3 Å². The van der Waals surface area contributed by atoms with Crippen molar-refractivity contribution in [2.45, 2.75) is 0 Å². The Morgan fingerprint density at radius 3 is 3.06 bits per heavy atom. The molecule has 1 heterocycles. The van der Waals surface area contributed by atoms with Crippen molar-refractivity contribution in [2.24, 2.45) is 0 Å². The number of amides is 1. The number of ether oxygens (including phenoxy) is 1. The molecule has 0 aromatic carbocycles. The normalized spacial score (nSPS) is 9.88. The number of anilines is 1. The molecule has 2 N–H and O–H groups in total. The minimum absolute atomic E-state index is 0.0279. The van der Waals surface area contributed by atoms with Crippen LogP contribution < -0.4 is 10.6 Å². The molecule has 7 heteroatoms. The van der Waals surface area contributed by atoms with Crippen LogP contribution in [-0.4, -0.2) is 42.7 Å². The smallest absolute Gasteiger partial charge is 0.239 e. The molecule has 0 fully saturated rings. The van der Waals surface area contributed by atoms with Crippen molar-refractivity contribution < 1.29 is 13.9 Å². The molecule has 0 atom stereocenters. The highest BCUT2D eigenvalue weighted by molar-refractivity contribution is 5.80. The number of hydrogen-bond donors (Lipinski definition) is 2. The van der Waals surface area contributed by atoms with Gasteiger partial charge in [-0.3, -0.25) is 4.79 Å². The first-order chi connectivity index (χ1) is 7.72. The van der Waals surface area contributed by atoms with Gasteiger partial charge in [0.15, 0.2) is 0 Å². The van der Waals surface area contributed by atoms with Crippen molar-refractivity contribution in [1.29, 1.82) is 0 Å². The number of nitrogens with one attached hydrogen (secondary N) is 2. The molecular weight excluding hydrogens is 215 g/mol. The summed E-state index contributed by atoms with van der Waals surface area (Å²) in [6.45, 7) is 0.920. The Bertz CT molecular complexity index is 348. The molecule has 0 saturated heterocycles. The van der Waals surface area contributed by atoms with E-state index < -0.39 is 5.95 Å². The van der Waals surface area contributed by atoms with E-state index in [2.05, 4.69) is 20.6 Å². The second-order valence-corrected chi connectivity index (χ2v) is 2.92. The highest BCUT2D eigenvalue weighted by Gasteiger charge is 2.01. The number of methoxy groups -OCH3 is 1. The lowest BCUT2D eigenvalue weighted by atomic mass is 10.5. The summed E-state index contributed by atoms with van der Waals surface area (Å²) in [6, 6.07) is 1.11. The minimum Gasteiger partial charge on any atom is -0.383 e. The molecule has 1 aromatic heterocycles. The number of rotatable bonds is 6. The molecule has 0 aliphatic carbocycles. The fourth-order valence-corrected chi connectivity index (χ4v) is 0.956. The van der Waals surface area contributed by atoms with Crippen LogP contribution in [0.2, 0.25) is 0 Å². The van der Waals surface area contributed by atoms with Crippen LogP contribution in [0, 0.1) is 5.95 Å². The van der Waals surface area contributed by atoms with Gasteiger partial charge in [0.1, 0.15) is 12.1 Å². The average Bonchev–Trinajstić information content (AvgIpc) is 2.27. The fourth-order valence-electron chi connectivity index (χ4n) is 0.956. The quantitative estimate of drug-likeness (QED) is 0.520. The maximum Gasteiger partial charge on any atom is 0.239 e. The van der Waals surface area contributed by atoms with Gasteiger partial charge < -0.3 is 15.4 Å². The van der Waals surface area contributed by atoms with Crippen molar-refractivity contribution in [3.8, 4) is 0 Å². The summed E-state index contributed by atoms with van der Waals surface area (Å²) in [6.07, 6.45) is 1.08. The van der Waals surface area contributed by atoms with Gasteiger partial charge in [0, 0.05) is 19.7 Å². The van der Waals surface area contributed by atoms with Crippen LogP contribution in [0.25, 0.3) is 0 Å². The standard InChI is InChI=1S/C9H13FN4O2/c1-16-3-2-11-9(15)5-12-8-4-7(10)13-6-14-8/h4,6H,2-3,5H2,1H3,(H,11,15)(H,12,13,14). The maximum absolute atomic E-state index is 12.6. The second kappa shape index (κ2) is 6.67. The lowest BCUT2D eigenvalue weighted by Crippen LogP contribution is -2.32. The second-order valence-electron chi connectivity index (χ2n) is 2.92. The SMILES string of the molecule is COCCNC(=O)CNc1cc(F)ncn1. The molecule has 0 bridgehead atoms. The van der Waals surface area contributed by atoms with Gasteiger partial charge >= 0.3 is 0 Å². The van der Waals surface area contributed by atoms with Gasteiger partial charge in [-0.25, -0.2) is 9.97 Å².